The summed E-state index contributed by atoms with van der Waals surface area (Å²) in [7, 11) is 1.61. The van der Waals surface area contributed by atoms with Gasteiger partial charge in [0.1, 0.15) is 5.75 Å². The average Bonchev–Trinajstić information content (AvgIpc) is 2.88. The Morgan fingerprint density at radius 2 is 1.62 bits per heavy atom. The molecule has 0 bridgehead atoms. The molecule has 9 heteroatoms. The van der Waals surface area contributed by atoms with E-state index in [9.17, 15) is 14.4 Å². The summed E-state index contributed by atoms with van der Waals surface area (Å²) in [5, 5.41) is 3.15. The van der Waals surface area contributed by atoms with Crippen LogP contribution in [-0.2, 0) is 14.3 Å². The van der Waals surface area contributed by atoms with Gasteiger partial charge in [0.15, 0.2) is 11.6 Å². The molecule has 2 aliphatic heterocycles. The van der Waals surface area contributed by atoms with Crippen LogP contribution in [0.15, 0.2) is 36.0 Å². The fraction of sp³-hybridized carbons (Fsp3) is 0.560. The molecule has 3 fully saturated rings. The van der Waals surface area contributed by atoms with Crippen molar-refractivity contribution in [3.05, 3.63) is 41.6 Å². The van der Waals surface area contributed by atoms with Crippen molar-refractivity contribution < 1.29 is 23.9 Å². The summed E-state index contributed by atoms with van der Waals surface area (Å²) in [4.78, 5) is 43.9. The third-order valence-corrected chi connectivity index (χ3v) is 6.79. The number of amides is 2. The van der Waals surface area contributed by atoms with Crippen molar-refractivity contribution in [3.8, 4) is 5.75 Å². The lowest BCUT2D eigenvalue weighted by Gasteiger charge is -2.38. The standard InChI is InChI=1S/C25H34N4O5/c1-33-21-4-2-19(3-5-21)20-16-23(30)22(24(31)17-20)18-26-6-7-27-8-10-28(11-9-27)25(32)29-12-14-34-15-13-29/h2-5,18,20,26H,6-17H2,1H3. The number of hydrogen-bond acceptors (Lipinski definition) is 7. The fourth-order valence-corrected chi connectivity index (χ4v) is 4.68. The van der Waals surface area contributed by atoms with Crippen molar-refractivity contribution in [1.29, 1.82) is 0 Å². The molecule has 0 atom stereocenters. The SMILES string of the molecule is COc1ccc(C2CC(=O)C(=CNCCN3CCN(C(=O)N4CCOCC4)CC3)C(=O)C2)cc1. The number of ketones is 2. The quantitative estimate of drug-likeness (QED) is 0.380. The van der Waals surface area contributed by atoms with Gasteiger partial charge in [0.2, 0.25) is 0 Å². The van der Waals surface area contributed by atoms with E-state index in [1.165, 1.54) is 0 Å². The number of methoxy groups -OCH3 is 1. The summed E-state index contributed by atoms with van der Waals surface area (Å²) in [5.41, 5.74) is 1.26. The topological polar surface area (TPSA) is 91.4 Å². The monoisotopic (exact) mass is 470 g/mol. The van der Waals surface area contributed by atoms with Crippen molar-refractivity contribution in [2.24, 2.45) is 0 Å². The van der Waals surface area contributed by atoms with Crippen LogP contribution in [0.2, 0.25) is 0 Å². The number of Topliss-reactive ketones (excluding diaryl/α,β-unsaturated/α-hetero) is 2. The van der Waals surface area contributed by atoms with Crippen LogP contribution in [0.3, 0.4) is 0 Å². The molecular weight excluding hydrogens is 436 g/mol. The molecule has 2 amide bonds. The third kappa shape index (κ3) is 5.95. The number of piperazine rings is 1. The van der Waals surface area contributed by atoms with E-state index in [2.05, 4.69) is 10.2 Å². The van der Waals surface area contributed by atoms with Crippen LogP contribution in [0, 0.1) is 0 Å². The zero-order valence-electron chi connectivity index (χ0n) is 19.8. The maximum absolute atomic E-state index is 12.6. The summed E-state index contributed by atoms with van der Waals surface area (Å²) >= 11 is 0. The Kier molecular flexibility index (Phi) is 8.18. The Bertz CT molecular complexity index is 882. The first-order valence-corrected chi connectivity index (χ1v) is 12.0. The van der Waals surface area contributed by atoms with Gasteiger partial charge in [-0.15, -0.1) is 0 Å². The molecule has 0 radical (unpaired) electrons. The lowest BCUT2D eigenvalue weighted by atomic mass is 9.80. The molecule has 0 spiro atoms. The zero-order valence-corrected chi connectivity index (χ0v) is 19.8. The number of carbonyl (C=O) groups is 3. The number of rotatable bonds is 6. The highest BCUT2D eigenvalue weighted by molar-refractivity contribution is 6.22. The van der Waals surface area contributed by atoms with Gasteiger partial charge in [-0.05, 0) is 23.6 Å². The molecule has 1 saturated carbocycles. The first-order chi connectivity index (χ1) is 16.5. The Balaban J connectivity index is 1.19. The number of hydrogen-bond donors (Lipinski definition) is 1. The van der Waals surface area contributed by atoms with Gasteiger partial charge >= 0.3 is 6.03 Å². The van der Waals surface area contributed by atoms with Crippen LogP contribution in [0.1, 0.15) is 24.3 Å². The highest BCUT2D eigenvalue weighted by atomic mass is 16.5. The predicted octanol–water partition coefficient (Wildman–Crippen LogP) is 1.25. The molecule has 0 aromatic heterocycles. The molecule has 0 unspecified atom stereocenters. The first-order valence-electron chi connectivity index (χ1n) is 12.0. The lowest BCUT2D eigenvalue weighted by Crippen LogP contribution is -2.55. The summed E-state index contributed by atoms with van der Waals surface area (Å²) < 4.78 is 10.5. The van der Waals surface area contributed by atoms with Crippen molar-refractivity contribution in [3.63, 3.8) is 0 Å². The van der Waals surface area contributed by atoms with Crippen molar-refractivity contribution in [1.82, 2.24) is 20.0 Å². The van der Waals surface area contributed by atoms with Crippen LogP contribution < -0.4 is 10.1 Å². The van der Waals surface area contributed by atoms with E-state index in [0.717, 1.165) is 30.9 Å². The maximum atomic E-state index is 12.6. The number of nitrogens with one attached hydrogen (secondary N) is 1. The second-order valence-electron chi connectivity index (χ2n) is 8.95. The molecule has 4 rings (SSSR count). The van der Waals surface area contributed by atoms with E-state index in [0.29, 0.717) is 58.8 Å². The minimum atomic E-state index is -0.111. The van der Waals surface area contributed by atoms with Crippen LogP contribution in [0.25, 0.3) is 0 Å². The van der Waals surface area contributed by atoms with E-state index >= 15 is 0 Å². The summed E-state index contributed by atoms with van der Waals surface area (Å²) in [6, 6.07) is 7.66. The Morgan fingerprint density at radius 1 is 1.00 bits per heavy atom. The molecule has 1 aliphatic carbocycles. The van der Waals surface area contributed by atoms with Gasteiger partial charge < -0.3 is 24.6 Å². The van der Waals surface area contributed by atoms with Gasteiger partial charge in [0.25, 0.3) is 0 Å². The Morgan fingerprint density at radius 3 is 2.24 bits per heavy atom. The second kappa shape index (κ2) is 11.5. The van der Waals surface area contributed by atoms with Gasteiger partial charge in [0, 0.05) is 71.4 Å². The number of benzene rings is 1. The summed E-state index contributed by atoms with van der Waals surface area (Å²) in [6.45, 7) is 7.03. The molecule has 9 nitrogen and oxygen atoms in total. The van der Waals surface area contributed by atoms with Crippen molar-refractivity contribution in [2.45, 2.75) is 18.8 Å². The fourth-order valence-electron chi connectivity index (χ4n) is 4.68. The molecule has 184 valence electrons. The van der Waals surface area contributed by atoms with Gasteiger partial charge in [-0.25, -0.2) is 4.79 Å². The zero-order chi connectivity index (χ0) is 23.9. The molecule has 34 heavy (non-hydrogen) atoms. The van der Waals surface area contributed by atoms with Crippen LogP contribution >= 0.6 is 0 Å². The number of ether oxygens (including phenoxy) is 2. The first kappa shape index (κ1) is 24.2. The highest BCUT2D eigenvalue weighted by Gasteiger charge is 2.31. The number of morpholine rings is 1. The van der Waals surface area contributed by atoms with Gasteiger partial charge in [-0.3, -0.25) is 14.5 Å². The van der Waals surface area contributed by atoms with Crippen molar-refractivity contribution in [2.75, 3.05) is 72.7 Å². The molecular formula is C25H34N4O5. The van der Waals surface area contributed by atoms with E-state index in [-0.39, 0.29) is 29.1 Å². The van der Waals surface area contributed by atoms with Gasteiger partial charge in [-0.1, -0.05) is 12.1 Å². The van der Waals surface area contributed by atoms with E-state index < -0.39 is 0 Å². The summed E-state index contributed by atoms with van der Waals surface area (Å²) in [5.74, 6) is 0.450. The normalized spacial score (nSPS) is 22.0. The maximum Gasteiger partial charge on any atom is 0.320 e. The summed E-state index contributed by atoms with van der Waals surface area (Å²) in [6.07, 6.45) is 2.27. The average molecular weight is 471 g/mol. The molecule has 1 aromatic carbocycles. The van der Waals surface area contributed by atoms with Crippen LogP contribution in [0.4, 0.5) is 4.79 Å². The number of urea groups is 1. The van der Waals surface area contributed by atoms with Crippen molar-refractivity contribution >= 4 is 17.6 Å². The van der Waals surface area contributed by atoms with Gasteiger partial charge in [0.05, 0.1) is 25.9 Å². The van der Waals surface area contributed by atoms with Crippen LogP contribution in [0.5, 0.6) is 5.75 Å². The largest absolute Gasteiger partial charge is 0.497 e. The minimum Gasteiger partial charge on any atom is -0.497 e. The highest BCUT2D eigenvalue weighted by Crippen LogP contribution is 2.32. The predicted molar refractivity (Wildman–Crippen MR) is 127 cm³/mol. The van der Waals surface area contributed by atoms with E-state index in [1.807, 2.05) is 34.1 Å². The smallest absolute Gasteiger partial charge is 0.320 e. The number of carbonyl (C=O) groups excluding carboxylic acids is 3. The molecule has 2 saturated heterocycles. The Labute approximate surface area is 200 Å². The minimum absolute atomic E-state index is 0.0838. The number of allylic oxidation sites excluding steroid dienone is 1. The Hall–Kier alpha value is -2.91. The molecule has 1 aromatic rings. The molecule has 1 N–H and O–H groups in total. The van der Waals surface area contributed by atoms with E-state index in [1.54, 1.807) is 13.3 Å². The van der Waals surface area contributed by atoms with Gasteiger partial charge in [-0.2, -0.15) is 0 Å². The molecule has 2 heterocycles. The van der Waals surface area contributed by atoms with E-state index in [4.69, 9.17) is 9.47 Å². The molecule has 3 aliphatic rings. The third-order valence-electron chi connectivity index (χ3n) is 6.79. The number of nitrogens with zero attached hydrogens (tertiary/aromatic N) is 3. The van der Waals surface area contributed by atoms with Crippen LogP contribution in [-0.4, -0.2) is 105 Å². The lowest BCUT2D eigenvalue weighted by molar-refractivity contribution is -0.124. The second-order valence-corrected chi connectivity index (χ2v) is 8.95.